The first-order valence-electron chi connectivity index (χ1n) is 12.3. The number of rotatable bonds is 17. The van der Waals surface area contributed by atoms with E-state index in [9.17, 15) is 29.1 Å². The van der Waals surface area contributed by atoms with E-state index in [0.29, 0.717) is 24.9 Å². The normalized spacial score (nSPS) is 14.2. The molecule has 0 radical (unpaired) electrons. The van der Waals surface area contributed by atoms with Crippen LogP contribution in [0.5, 0.6) is 0 Å². The summed E-state index contributed by atoms with van der Waals surface area (Å²) >= 11 is 0. The second-order valence-electron chi connectivity index (χ2n) is 9.33. The average molecular weight is 522 g/mol. The van der Waals surface area contributed by atoms with E-state index in [-0.39, 0.29) is 25.2 Å². The predicted octanol–water partition coefficient (Wildman–Crippen LogP) is -0.255. The molecule has 0 aromatic heterocycles. The van der Waals surface area contributed by atoms with Crippen molar-refractivity contribution >= 4 is 29.7 Å². The summed E-state index contributed by atoms with van der Waals surface area (Å²) in [5.74, 6) is -4.62. The minimum absolute atomic E-state index is 0.00663. The van der Waals surface area contributed by atoms with E-state index in [1.54, 1.807) is 30.3 Å². The second-order valence-corrected chi connectivity index (χ2v) is 9.33. The second kappa shape index (κ2) is 16.3. The number of benzene rings is 1. The van der Waals surface area contributed by atoms with E-state index in [1.807, 2.05) is 13.8 Å². The quantitative estimate of drug-likeness (QED) is 0.134. The van der Waals surface area contributed by atoms with Crippen LogP contribution in [0, 0.1) is 5.92 Å². The number of hydrogen-bond acceptors (Lipinski definition) is 7. The molecule has 4 atom stereocenters. The van der Waals surface area contributed by atoms with Gasteiger partial charge in [-0.05, 0) is 43.7 Å². The lowest BCUT2D eigenvalue weighted by Gasteiger charge is -2.25. The number of amides is 3. The largest absolute Gasteiger partial charge is 0.481 e. The van der Waals surface area contributed by atoms with Crippen LogP contribution >= 0.6 is 0 Å². The molecule has 4 unspecified atom stereocenters. The van der Waals surface area contributed by atoms with Gasteiger partial charge in [0.15, 0.2) is 0 Å². The van der Waals surface area contributed by atoms with Gasteiger partial charge in [-0.25, -0.2) is 4.79 Å². The van der Waals surface area contributed by atoms with Crippen LogP contribution in [0.25, 0.3) is 0 Å². The van der Waals surface area contributed by atoms with Crippen LogP contribution in [0.15, 0.2) is 30.3 Å². The molecule has 9 N–H and O–H groups in total. The Morgan fingerprint density at radius 3 is 1.95 bits per heavy atom. The maximum Gasteiger partial charge on any atom is 0.326 e. The molecule has 12 nitrogen and oxygen atoms in total. The van der Waals surface area contributed by atoms with E-state index >= 15 is 0 Å². The third-order valence-corrected chi connectivity index (χ3v) is 5.55. The number of aliphatic carboxylic acids is 2. The smallest absolute Gasteiger partial charge is 0.326 e. The molecule has 0 aliphatic heterocycles. The molecule has 0 aliphatic carbocycles. The molecule has 1 aromatic carbocycles. The van der Waals surface area contributed by atoms with Crippen LogP contribution in [0.1, 0.15) is 51.5 Å². The summed E-state index contributed by atoms with van der Waals surface area (Å²) in [6, 6.07) is 4.05. The Kier molecular flexibility index (Phi) is 13.9. The number of hydrogen-bond donors (Lipinski definition) is 7. The molecule has 206 valence electrons. The van der Waals surface area contributed by atoms with E-state index in [0.717, 1.165) is 0 Å². The molecule has 0 bridgehead atoms. The van der Waals surface area contributed by atoms with E-state index < -0.39 is 60.2 Å². The minimum Gasteiger partial charge on any atom is -0.481 e. The highest BCUT2D eigenvalue weighted by atomic mass is 16.4. The summed E-state index contributed by atoms with van der Waals surface area (Å²) in [4.78, 5) is 61.3. The first-order chi connectivity index (χ1) is 17.4. The Hall–Kier alpha value is -3.51. The van der Waals surface area contributed by atoms with Gasteiger partial charge in [0.1, 0.15) is 18.1 Å². The van der Waals surface area contributed by atoms with Crippen LogP contribution in [0.4, 0.5) is 0 Å². The maximum absolute atomic E-state index is 13.3. The van der Waals surface area contributed by atoms with Crippen LogP contribution < -0.4 is 27.4 Å². The fourth-order valence-corrected chi connectivity index (χ4v) is 3.62. The summed E-state index contributed by atoms with van der Waals surface area (Å²) < 4.78 is 0. The van der Waals surface area contributed by atoms with Crippen molar-refractivity contribution in [2.45, 2.75) is 76.5 Å². The highest BCUT2D eigenvalue weighted by Crippen LogP contribution is 2.09. The van der Waals surface area contributed by atoms with Crippen molar-refractivity contribution in [2.75, 3.05) is 6.54 Å². The first kappa shape index (κ1) is 31.5. The van der Waals surface area contributed by atoms with Gasteiger partial charge >= 0.3 is 11.9 Å². The molecule has 0 saturated heterocycles. The molecular weight excluding hydrogens is 482 g/mol. The lowest BCUT2D eigenvalue weighted by atomic mass is 10.0. The molecule has 1 rings (SSSR count). The van der Waals surface area contributed by atoms with Gasteiger partial charge in [-0.1, -0.05) is 44.2 Å². The summed E-state index contributed by atoms with van der Waals surface area (Å²) in [5.41, 5.74) is 11.9. The van der Waals surface area contributed by atoms with Crippen molar-refractivity contribution in [3.05, 3.63) is 35.9 Å². The number of carbonyl (C=O) groups is 5. The SMILES string of the molecule is CC(C)CC(NC(=O)C(CCCCN)NC(=O)C(Cc1ccccc1)NC(=O)C(N)CC(=O)O)C(=O)O. The lowest BCUT2D eigenvalue weighted by molar-refractivity contribution is -0.142. The molecule has 0 heterocycles. The van der Waals surface area contributed by atoms with Gasteiger partial charge in [0.2, 0.25) is 17.7 Å². The minimum atomic E-state index is -1.38. The van der Waals surface area contributed by atoms with Gasteiger partial charge < -0.3 is 37.6 Å². The summed E-state index contributed by atoms with van der Waals surface area (Å²) in [7, 11) is 0. The molecule has 1 aromatic rings. The zero-order valence-corrected chi connectivity index (χ0v) is 21.3. The van der Waals surface area contributed by atoms with Crippen molar-refractivity contribution in [3.8, 4) is 0 Å². The van der Waals surface area contributed by atoms with Crippen LogP contribution in [0.2, 0.25) is 0 Å². The zero-order chi connectivity index (χ0) is 28.0. The zero-order valence-electron chi connectivity index (χ0n) is 21.3. The topological polar surface area (TPSA) is 214 Å². The van der Waals surface area contributed by atoms with Gasteiger partial charge in [0, 0.05) is 6.42 Å². The highest BCUT2D eigenvalue weighted by Gasteiger charge is 2.31. The maximum atomic E-state index is 13.3. The van der Waals surface area contributed by atoms with Gasteiger partial charge in [-0.2, -0.15) is 0 Å². The molecule has 3 amide bonds. The van der Waals surface area contributed by atoms with Gasteiger partial charge in [0.05, 0.1) is 12.5 Å². The van der Waals surface area contributed by atoms with Crippen molar-refractivity contribution in [1.29, 1.82) is 0 Å². The monoisotopic (exact) mass is 521 g/mol. The van der Waals surface area contributed by atoms with E-state index in [4.69, 9.17) is 16.6 Å². The summed E-state index contributed by atoms with van der Waals surface area (Å²) in [6.07, 6.45) is 0.923. The van der Waals surface area contributed by atoms with Crippen LogP contribution in [-0.2, 0) is 30.4 Å². The van der Waals surface area contributed by atoms with Gasteiger partial charge in [-0.3, -0.25) is 19.2 Å². The Morgan fingerprint density at radius 2 is 1.41 bits per heavy atom. The fourth-order valence-electron chi connectivity index (χ4n) is 3.62. The molecule has 0 fully saturated rings. The van der Waals surface area contributed by atoms with Crippen LogP contribution in [-0.4, -0.2) is 70.6 Å². The Labute approximate surface area is 216 Å². The number of carboxylic acid groups (broad SMARTS) is 2. The third-order valence-electron chi connectivity index (χ3n) is 5.55. The Morgan fingerprint density at radius 1 is 0.838 bits per heavy atom. The first-order valence-corrected chi connectivity index (χ1v) is 12.3. The Balaban J connectivity index is 3.11. The van der Waals surface area contributed by atoms with E-state index in [2.05, 4.69) is 16.0 Å². The number of nitrogens with two attached hydrogens (primary N) is 2. The van der Waals surface area contributed by atoms with Crippen molar-refractivity contribution in [2.24, 2.45) is 17.4 Å². The predicted molar refractivity (Wildman–Crippen MR) is 136 cm³/mol. The van der Waals surface area contributed by atoms with Gasteiger partial charge in [-0.15, -0.1) is 0 Å². The van der Waals surface area contributed by atoms with Crippen LogP contribution in [0.3, 0.4) is 0 Å². The molecule has 0 saturated carbocycles. The van der Waals surface area contributed by atoms with Gasteiger partial charge in [0.25, 0.3) is 0 Å². The molecule has 12 heteroatoms. The number of nitrogens with one attached hydrogen (secondary N) is 3. The van der Waals surface area contributed by atoms with E-state index in [1.165, 1.54) is 0 Å². The fraction of sp³-hybridized carbons (Fsp3) is 0.560. The van der Waals surface area contributed by atoms with Crippen molar-refractivity contribution < 1.29 is 34.2 Å². The molecular formula is C25H39N5O7. The summed E-state index contributed by atoms with van der Waals surface area (Å²) in [6.45, 7) is 4.03. The highest BCUT2D eigenvalue weighted by molar-refractivity contribution is 5.94. The molecule has 37 heavy (non-hydrogen) atoms. The number of carboxylic acids is 2. The summed E-state index contributed by atoms with van der Waals surface area (Å²) in [5, 5.41) is 26.0. The molecule has 0 aliphatic rings. The molecule has 0 spiro atoms. The standard InChI is InChI=1S/C25H39N5O7/c1-15(2)12-20(25(36)37)30-23(34)18(10-6-7-11-26)28-24(35)19(13-16-8-4-3-5-9-16)29-22(33)17(27)14-21(31)32/h3-5,8-9,15,17-20H,6-7,10-14,26-27H2,1-2H3,(H,28,35)(H,29,33)(H,30,34)(H,31,32)(H,36,37). The number of carbonyl (C=O) groups excluding carboxylic acids is 3. The van der Waals surface area contributed by atoms with Crippen molar-refractivity contribution in [3.63, 3.8) is 0 Å². The Bertz CT molecular complexity index is 910. The number of unbranched alkanes of at least 4 members (excludes halogenated alkanes) is 1. The third kappa shape index (κ3) is 12.3. The average Bonchev–Trinajstić information content (AvgIpc) is 2.82. The lowest BCUT2D eigenvalue weighted by Crippen LogP contribution is -2.57. The van der Waals surface area contributed by atoms with Crippen molar-refractivity contribution in [1.82, 2.24) is 16.0 Å².